The van der Waals surface area contributed by atoms with Gasteiger partial charge >= 0.3 is 0 Å². The lowest BCUT2D eigenvalue weighted by atomic mass is 10.1. The number of pyridine rings is 1. The zero-order valence-corrected chi connectivity index (χ0v) is 15.9. The van der Waals surface area contributed by atoms with Crippen LogP contribution in [0.3, 0.4) is 0 Å². The van der Waals surface area contributed by atoms with Gasteiger partial charge in [-0.15, -0.1) is 0 Å². The second-order valence-electron chi connectivity index (χ2n) is 7.18. The number of carbonyl (C=O) groups is 2. The first-order valence-corrected chi connectivity index (χ1v) is 9.69. The maximum Gasteiger partial charge on any atom is 0.256 e. The van der Waals surface area contributed by atoms with Crippen molar-refractivity contribution in [3.05, 3.63) is 71.4 Å². The van der Waals surface area contributed by atoms with Crippen molar-refractivity contribution in [2.45, 2.75) is 26.2 Å². The van der Waals surface area contributed by atoms with Gasteiger partial charge in [0.05, 0.1) is 22.3 Å². The van der Waals surface area contributed by atoms with E-state index in [1.807, 2.05) is 48.2 Å². The Bertz CT molecular complexity index is 1040. The molecule has 0 spiro atoms. The van der Waals surface area contributed by atoms with E-state index in [-0.39, 0.29) is 11.8 Å². The fraction of sp³-hybridized carbons (Fsp3) is 0.261. The van der Waals surface area contributed by atoms with E-state index in [0.717, 1.165) is 48.9 Å². The Kier molecular flexibility index (Phi) is 5.06. The van der Waals surface area contributed by atoms with Crippen LogP contribution in [0, 0.1) is 6.92 Å². The molecule has 28 heavy (non-hydrogen) atoms. The second-order valence-corrected chi connectivity index (χ2v) is 7.18. The molecule has 2 aromatic carbocycles. The number of benzene rings is 2. The van der Waals surface area contributed by atoms with Crippen molar-refractivity contribution in [2.24, 2.45) is 0 Å². The molecule has 0 bridgehead atoms. The van der Waals surface area contributed by atoms with Gasteiger partial charge in [0.1, 0.15) is 0 Å². The maximum atomic E-state index is 13.1. The van der Waals surface area contributed by atoms with E-state index in [9.17, 15) is 9.59 Å². The van der Waals surface area contributed by atoms with Crippen LogP contribution in [0.5, 0.6) is 0 Å². The van der Waals surface area contributed by atoms with Gasteiger partial charge in [0.15, 0.2) is 0 Å². The van der Waals surface area contributed by atoms with Gasteiger partial charge in [-0.2, -0.15) is 0 Å². The van der Waals surface area contributed by atoms with E-state index in [4.69, 9.17) is 0 Å². The zero-order chi connectivity index (χ0) is 19.5. The van der Waals surface area contributed by atoms with Crippen molar-refractivity contribution in [1.82, 2.24) is 9.88 Å². The van der Waals surface area contributed by atoms with E-state index in [0.29, 0.717) is 16.8 Å². The van der Waals surface area contributed by atoms with E-state index in [1.54, 1.807) is 18.2 Å². The summed E-state index contributed by atoms with van der Waals surface area (Å²) in [5.41, 5.74) is 3.20. The van der Waals surface area contributed by atoms with Crippen molar-refractivity contribution < 1.29 is 9.59 Å². The molecule has 2 heterocycles. The smallest absolute Gasteiger partial charge is 0.256 e. The molecule has 1 fully saturated rings. The van der Waals surface area contributed by atoms with Crippen LogP contribution < -0.4 is 5.32 Å². The van der Waals surface area contributed by atoms with E-state index in [2.05, 4.69) is 10.3 Å². The van der Waals surface area contributed by atoms with E-state index < -0.39 is 0 Å². The molecule has 2 amide bonds. The Hall–Kier alpha value is -3.21. The monoisotopic (exact) mass is 373 g/mol. The molecule has 0 aliphatic carbocycles. The van der Waals surface area contributed by atoms with Crippen molar-refractivity contribution in [2.75, 3.05) is 18.4 Å². The van der Waals surface area contributed by atoms with E-state index in [1.165, 1.54) is 0 Å². The minimum atomic E-state index is -0.236. The highest BCUT2D eigenvalue weighted by Crippen LogP contribution is 2.23. The maximum absolute atomic E-state index is 13.1. The quantitative estimate of drug-likeness (QED) is 0.739. The number of anilines is 1. The molecule has 142 valence electrons. The summed E-state index contributed by atoms with van der Waals surface area (Å²) in [7, 11) is 0. The summed E-state index contributed by atoms with van der Waals surface area (Å²) in [6, 6.07) is 16.6. The van der Waals surface area contributed by atoms with Crippen LogP contribution in [0.15, 0.2) is 54.6 Å². The lowest BCUT2D eigenvalue weighted by Crippen LogP contribution is -2.36. The number of piperidine rings is 1. The van der Waals surface area contributed by atoms with Gasteiger partial charge < -0.3 is 10.2 Å². The van der Waals surface area contributed by atoms with Gasteiger partial charge in [0, 0.05) is 24.2 Å². The van der Waals surface area contributed by atoms with Crippen molar-refractivity contribution in [3.8, 4) is 0 Å². The number of fused-ring (bicyclic) bond motifs is 1. The molecule has 3 aromatic rings. The number of amides is 2. The third kappa shape index (κ3) is 3.60. The Morgan fingerprint density at radius 3 is 2.46 bits per heavy atom. The van der Waals surface area contributed by atoms with Crippen molar-refractivity contribution in [1.29, 1.82) is 0 Å². The first-order valence-electron chi connectivity index (χ1n) is 9.69. The molecule has 0 radical (unpaired) electrons. The van der Waals surface area contributed by atoms with Crippen LogP contribution in [0.1, 0.15) is 45.7 Å². The number of hydrogen-bond acceptors (Lipinski definition) is 3. The summed E-state index contributed by atoms with van der Waals surface area (Å²) in [5.74, 6) is -0.257. The van der Waals surface area contributed by atoms with E-state index >= 15 is 0 Å². The standard InChI is InChI=1S/C23H23N3O2/c1-16-15-19(17-9-3-5-11-20(17)24-16)22(27)25-21-12-6-4-10-18(21)23(28)26-13-7-2-8-14-26/h3-6,9-12,15H,2,7-8,13-14H2,1H3,(H,25,27). The highest BCUT2D eigenvalue weighted by molar-refractivity contribution is 6.14. The lowest BCUT2D eigenvalue weighted by molar-refractivity contribution is 0.0725. The highest BCUT2D eigenvalue weighted by Gasteiger charge is 2.22. The minimum absolute atomic E-state index is 0.0219. The number of nitrogens with zero attached hydrogens (tertiary/aromatic N) is 2. The average molecular weight is 373 g/mol. The molecule has 1 N–H and O–H groups in total. The average Bonchev–Trinajstić information content (AvgIpc) is 2.73. The lowest BCUT2D eigenvalue weighted by Gasteiger charge is -2.27. The number of hydrogen-bond donors (Lipinski definition) is 1. The molecule has 1 saturated heterocycles. The molecular weight excluding hydrogens is 350 g/mol. The summed E-state index contributed by atoms with van der Waals surface area (Å²) in [5, 5.41) is 3.75. The Balaban J connectivity index is 1.65. The number of para-hydroxylation sites is 2. The van der Waals surface area contributed by atoms with Crippen LogP contribution in [0.2, 0.25) is 0 Å². The first kappa shape index (κ1) is 18.2. The highest BCUT2D eigenvalue weighted by atomic mass is 16.2. The largest absolute Gasteiger partial charge is 0.339 e. The number of aromatic nitrogens is 1. The molecule has 0 unspecified atom stereocenters. The second kappa shape index (κ2) is 7.80. The van der Waals surface area contributed by atoms with Crippen LogP contribution in [0.25, 0.3) is 10.9 Å². The molecule has 4 rings (SSSR count). The Morgan fingerprint density at radius 2 is 1.64 bits per heavy atom. The van der Waals surface area contributed by atoms with Gasteiger partial charge in [-0.1, -0.05) is 30.3 Å². The third-order valence-electron chi connectivity index (χ3n) is 5.14. The Labute approximate surface area is 164 Å². The summed E-state index contributed by atoms with van der Waals surface area (Å²) < 4.78 is 0. The predicted octanol–water partition coefficient (Wildman–Crippen LogP) is 4.42. The number of nitrogens with one attached hydrogen (secondary N) is 1. The summed E-state index contributed by atoms with van der Waals surface area (Å²) in [6.45, 7) is 3.42. The molecular formula is C23H23N3O2. The number of rotatable bonds is 3. The molecule has 1 aliphatic heterocycles. The first-order chi connectivity index (χ1) is 13.6. The van der Waals surface area contributed by atoms with Crippen LogP contribution in [0.4, 0.5) is 5.69 Å². The predicted molar refractivity (Wildman–Crippen MR) is 111 cm³/mol. The van der Waals surface area contributed by atoms with Crippen LogP contribution in [-0.4, -0.2) is 34.8 Å². The van der Waals surface area contributed by atoms with Gasteiger partial charge in [-0.25, -0.2) is 0 Å². The molecule has 5 nitrogen and oxygen atoms in total. The third-order valence-corrected chi connectivity index (χ3v) is 5.14. The molecule has 5 heteroatoms. The molecule has 1 aromatic heterocycles. The number of carbonyl (C=O) groups excluding carboxylic acids is 2. The molecule has 0 saturated carbocycles. The molecule has 1 aliphatic rings. The summed E-state index contributed by atoms with van der Waals surface area (Å²) in [4.78, 5) is 32.4. The SMILES string of the molecule is Cc1cc(C(=O)Nc2ccccc2C(=O)N2CCCCC2)c2ccccc2n1. The summed E-state index contributed by atoms with van der Waals surface area (Å²) in [6.07, 6.45) is 3.22. The van der Waals surface area contributed by atoms with Gasteiger partial charge in [-0.05, 0) is 50.5 Å². The number of likely N-dealkylation sites (tertiary alicyclic amines) is 1. The van der Waals surface area contributed by atoms with Gasteiger partial charge in [0.25, 0.3) is 11.8 Å². The summed E-state index contributed by atoms with van der Waals surface area (Å²) >= 11 is 0. The minimum Gasteiger partial charge on any atom is -0.339 e. The normalized spacial score (nSPS) is 14.1. The Morgan fingerprint density at radius 1 is 0.929 bits per heavy atom. The fourth-order valence-corrected chi connectivity index (χ4v) is 3.73. The number of aryl methyl sites for hydroxylation is 1. The van der Waals surface area contributed by atoms with Crippen molar-refractivity contribution in [3.63, 3.8) is 0 Å². The van der Waals surface area contributed by atoms with Gasteiger partial charge in [0.2, 0.25) is 0 Å². The molecule has 0 atom stereocenters. The van der Waals surface area contributed by atoms with Crippen LogP contribution in [-0.2, 0) is 0 Å². The topological polar surface area (TPSA) is 62.3 Å². The fourth-order valence-electron chi connectivity index (χ4n) is 3.73. The van der Waals surface area contributed by atoms with Crippen molar-refractivity contribution >= 4 is 28.4 Å². The zero-order valence-electron chi connectivity index (χ0n) is 15.9. The van der Waals surface area contributed by atoms with Crippen LogP contribution >= 0.6 is 0 Å². The van der Waals surface area contributed by atoms with Gasteiger partial charge in [-0.3, -0.25) is 14.6 Å².